The molecule has 2 aliphatic rings. The van der Waals surface area contributed by atoms with Gasteiger partial charge in [0.1, 0.15) is 5.56 Å². The summed E-state index contributed by atoms with van der Waals surface area (Å²) in [7, 11) is 0. The monoisotopic (exact) mass is 418 g/mol. The highest BCUT2D eigenvalue weighted by atomic mass is 16.5. The van der Waals surface area contributed by atoms with Gasteiger partial charge in [-0.3, -0.25) is 14.8 Å². The summed E-state index contributed by atoms with van der Waals surface area (Å²) in [4.78, 5) is 26.2. The first kappa shape index (κ1) is 23.0. The molecule has 0 saturated heterocycles. The standard InChI is InChI=1S/C24H38N2O4/c1-2-3-15-25-21-14-10-5-4-7-13-19(21)16-20(23(25)28)24(29)26(30)17-22(27)18-11-8-6-9-12-18/h16,18,22,27,30H,2-15,17H2,1H3. The molecule has 0 bridgehead atoms. The van der Waals surface area contributed by atoms with Crippen LogP contribution in [0.5, 0.6) is 0 Å². The van der Waals surface area contributed by atoms with Crippen molar-refractivity contribution in [2.45, 2.75) is 103 Å². The van der Waals surface area contributed by atoms with Crippen molar-refractivity contribution in [1.82, 2.24) is 9.63 Å². The SMILES string of the molecule is CCCCn1c2c(cc(C(=O)N(O)CC(O)C3CCCCC3)c1=O)CCCCCC2. The number of aromatic nitrogens is 1. The highest BCUT2D eigenvalue weighted by molar-refractivity contribution is 5.93. The van der Waals surface area contributed by atoms with Crippen molar-refractivity contribution in [3.8, 4) is 0 Å². The van der Waals surface area contributed by atoms with E-state index in [0.29, 0.717) is 11.6 Å². The van der Waals surface area contributed by atoms with E-state index in [2.05, 4.69) is 6.92 Å². The summed E-state index contributed by atoms with van der Waals surface area (Å²) in [5.74, 6) is -0.580. The Morgan fingerprint density at radius 2 is 1.80 bits per heavy atom. The van der Waals surface area contributed by atoms with Crippen LogP contribution in [-0.2, 0) is 19.4 Å². The zero-order valence-corrected chi connectivity index (χ0v) is 18.4. The third-order valence-electron chi connectivity index (χ3n) is 6.85. The quantitative estimate of drug-likeness (QED) is 0.516. The Balaban J connectivity index is 1.84. The summed E-state index contributed by atoms with van der Waals surface area (Å²) in [6, 6.07) is 1.71. The molecule has 0 radical (unpaired) electrons. The first-order valence-corrected chi connectivity index (χ1v) is 12.0. The van der Waals surface area contributed by atoms with E-state index in [9.17, 15) is 19.9 Å². The van der Waals surface area contributed by atoms with E-state index in [1.54, 1.807) is 10.6 Å². The van der Waals surface area contributed by atoms with Gasteiger partial charge in [0.2, 0.25) is 0 Å². The molecule has 2 N–H and O–H groups in total. The average molecular weight is 419 g/mol. The molecule has 1 heterocycles. The molecule has 0 spiro atoms. The number of aliphatic hydroxyl groups excluding tert-OH is 1. The fourth-order valence-electron chi connectivity index (χ4n) is 5.01. The molecular weight excluding hydrogens is 380 g/mol. The van der Waals surface area contributed by atoms with Crippen LogP contribution in [0, 0.1) is 5.92 Å². The van der Waals surface area contributed by atoms with Gasteiger partial charge in [-0.2, -0.15) is 0 Å². The molecule has 1 amide bonds. The maximum atomic E-state index is 13.2. The molecule has 1 fully saturated rings. The molecule has 0 aliphatic heterocycles. The minimum Gasteiger partial charge on any atom is -0.391 e. The third kappa shape index (κ3) is 5.52. The van der Waals surface area contributed by atoms with Crippen molar-refractivity contribution in [3.63, 3.8) is 0 Å². The minimum absolute atomic E-state index is 0.0313. The lowest BCUT2D eigenvalue weighted by molar-refractivity contribution is -0.0900. The van der Waals surface area contributed by atoms with E-state index in [1.807, 2.05) is 0 Å². The summed E-state index contributed by atoms with van der Waals surface area (Å²) in [5, 5.41) is 21.5. The average Bonchev–Trinajstić information content (AvgIpc) is 2.74. The van der Waals surface area contributed by atoms with Crippen LogP contribution < -0.4 is 5.56 Å². The number of rotatable bonds is 7. The summed E-state index contributed by atoms with van der Waals surface area (Å²) < 4.78 is 1.78. The molecule has 168 valence electrons. The number of pyridine rings is 1. The molecule has 1 saturated carbocycles. The lowest BCUT2D eigenvalue weighted by atomic mass is 9.85. The Kier molecular flexibility index (Phi) is 8.51. The van der Waals surface area contributed by atoms with Crippen LogP contribution in [0.4, 0.5) is 0 Å². The number of aliphatic hydroxyl groups is 1. The van der Waals surface area contributed by atoms with Gasteiger partial charge >= 0.3 is 0 Å². The molecule has 30 heavy (non-hydrogen) atoms. The maximum absolute atomic E-state index is 13.2. The van der Waals surface area contributed by atoms with Crippen molar-refractivity contribution in [2.24, 2.45) is 5.92 Å². The second-order valence-corrected chi connectivity index (χ2v) is 9.11. The Bertz CT molecular complexity index is 767. The largest absolute Gasteiger partial charge is 0.391 e. The molecule has 6 heteroatoms. The number of aryl methyl sites for hydroxylation is 1. The van der Waals surface area contributed by atoms with Crippen LogP contribution >= 0.6 is 0 Å². The molecule has 2 aliphatic carbocycles. The summed E-state index contributed by atoms with van der Waals surface area (Å²) >= 11 is 0. The fraction of sp³-hybridized carbons (Fsp3) is 0.750. The number of carbonyl (C=O) groups is 1. The van der Waals surface area contributed by atoms with Gasteiger partial charge in [0.05, 0.1) is 12.6 Å². The number of hydrogen-bond donors (Lipinski definition) is 2. The van der Waals surface area contributed by atoms with Gasteiger partial charge in [0.25, 0.3) is 11.5 Å². The minimum atomic E-state index is -0.758. The summed E-state index contributed by atoms with van der Waals surface area (Å²) in [6.45, 7) is 2.55. The molecule has 1 aromatic rings. The van der Waals surface area contributed by atoms with E-state index in [1.165, 1.54) is 12.8 Å². The second kappa shape index (κ2) is 11.1. The van der Waals surface area contributed by atoms with Gasteiger partial charge in [-0.25, -0.2) is 5.06 Å². The normalized spacial score (nSPS) is 18.9. The topological polar surface area (TPSA) is 82.8 Å². The predicted molar refractivity (Wildman–Crippen MR) is 117 cm³/mol. The van der Waals surface area contributed by atoms with Crippen LogP contribution in [0.2, 0.25) is 0 Å². The van der Waals surface area contributed by atoms with Crippen LogP contribution in [0.15, 0.2) is 10.9 Å². The van der Waals surface area contributed by atoms with E-state index in [-0.39, 0.29) is 23.6 Å². The molecule has 1 aromatic heterocycles. The molecule has 3 rings (SSSR count). The maximum Gasteiger partial charge on any atom is 0.282 e. The molecule has 1 unspecified atom stereocenters. The van der Waals surface area contributed by atoms with Gasteiger partial charge in [0, 0.05) is 12.2 Å². The highest BCUT2D eigenvalue weighted by Gasteiger charge is 2.28. The van der Waals surface area contributed by atoms with E-state index < -0.39 is 12.0 Å². The summed E-state index contributed by atoms with van der Waals surface area (Å²) in [5.41, 5.74) is 1.86. The molecular formula is C24H38N2O4. The smallest absolute Gasteiger partial charge is 0.282 e. The van der Waals surface area contributed by atoms with Gasteiger partial charge in [-0.15, -0.1) is 0 Å². The molecule has 1 atom stereocenters. The molecule has 0 aromatic carbocycles. The van der Waals surface area contributed by atoms with E-state index in [4.69, 9.17) is 0 Å². The van der Waals surface area contributed by atoms with Gasteiger partial charge in [-0.05, 0) is 62.5 Å². The van der Waals surface area contributed by atoms with Gasteiger partial charge in [0.15, 0.2) is 0 Å². The first-order valence-electron chi connectivity index (χ1n) is 12.0. The van der Waals surface area contributed by atoms with Crippen LogP contribution in [0.25, 0.3) is 0 Å². The number of fused-ring (bicyclic) bond motifs is 1. The van der Waals surface area contributed by atoms with Crippen molar-refractivity contribution >= 4 is 5.91 Å². The Hall–Kier alpha value is -1.66. The zero-order valence-electron chi connectivity index (χ0n) is 18.4. The number of unbranched alkanes of at least 4 members (excludes halogenated alkanes) is 1. The predicted octanol–water partition coefficient (Wildman–Crippen LogP) is 4.08. The van der Waals surface area contributed by atoms with E-state index >= 15 is 0 Å². The third-order valence-corrected chi connectivity index (χ3v) is 6.85. The Morgan fingerprint density at radius 3 is 2.50 bits per heavy atom. The number of hydrogen-bond acceptors (Lipinski definition) is 4. The van der Waals surface area contributed by atoms with Crippen molar-refractivity contribution in [2.75, 3.05) is 6.54 Å². The fourth-order valence-corrected chi connectivity index (χ4v) is 5.01. The summed E-state index contributed by atoms with van der Waals surface area (Å²) in [6.07, 6.45) is 12.4. The first-order chi connectivity index (χ1) is 14.5. The zero-order chi connectivity index (χ0) is 21.5. The van der Waals surface area contributed by atoms with Crippen molar-refractivity contribution in [1.29, 1.82) is 0 Å². The van der Waals surface area contributed by atoms with Gasteiger partial charge in [-0.1, -0.05) is 45.4 Å². The van der Waals surface area contributed by atoms with Crippen LogP contribution in [0.1, 0.15) is 99.2 Å². The number of carbonyl (C=O) groups excluding carboxylic acids is 1. The van der Waals surface area contributed by atoms with Crippen molar-refractivity contribution < 1.29 is 15.1 Å². The number of amides is 1. The lowest BCUT2D eigenvalue weighted by Crippen LogP contribution is -2.42. The van der Waals surface area contributed by atoms with Gasteiger partial charge < -0.3 is 9.67 Å². The highest BCUT2D eigenvalue weighted by Crippen LogP contribution is 2.27. The lowest BCUT2D eigenvalue weighted by Gasteiger charge is -2.29. The van der Waals surface area contributed by atoms with Crippen molar-refractivity contribution in [3.05, 3.63) is 33.2 Å². The van der Waals surface area contributed by atoms with E-state index in [0.717, 1.165) is 81.9 Å². The van der Waals surface area contributed by atoms with Crippen LogP contribution in [0.3, 0.4) is 0 Å². The second-order valence-electron chi connectivity index (χ2n) is 9.11. The molecule has 6 nitrogen and oxygen atoms in total. The van der Waals surface area contributed by atoms with Crippen LogP contribution in [-0.4, -0.2) is 38.5 Å². The Labute approximate surface area is 179 Å². The number of hydroxylamine groups is 2. The Morgan fingerprint density at radius 1 is 1.13 bits per heavy atom. The number of nitrogens with zero attached hydrogens (tertiary/aromatic N) is 2.